The van der Waals surface area contributed by atoms with E-state index in [9.17, 15) is 13.2 Å². The molecule has 15 heavy (non-hydrogen) atoms. The summed E-state index contributed by atoms with van der Waals surface area (Å²) in [5, 5.41) is 0. The van der Waals surface area contributed by atoms with Crippen molar-refractivity contribution in [1.29, 1.82) is 0 Å². The molecule has 5 heteroatoms. The van der Waals surface area contributed by atoms with Crippen molar-refractivity contribution in [2.45, 2.75) is 12.7 Å². The van der Waals surface area contributed by atoms with Crippen molar-refractivity contribution in [3.63, 3.8) is 0 Å². The van der Waals surface area contributed by atoms with E-state index in [4.69, 9.17) is 5.73 Å². The molecule has 0 saturated carbocycles. The minimum atomic E-state index is -4.35. The number of rotatable bonds is 2. The standard InChI is InChI=1S/C10H13F3N2/c1-15(2)8-4-3-7(6-14)9(5-8)10(11,12)13/h3-5H,6,14H2,1-2H3. The first-order valence-electron chi connectivity index (χ1n) is 4.43. The molecule has 0 amide bonds. The van der Waals surface area contributed by atoms with Gasteiger partial charge in [-0.1, -0.05) is 6.07 Å². The normalized spacial score (nSPS) is 11.6. The summed E-state index contributed by atoms with van der Waals surface area (Å²) >= 11 is 0. The van der Waals surface area contributed by atoms with Crippen LogP contribution in [0.25, 0.3) is 0 Å². The SMILES string of the molecule is CN(C)c1ccc(CN)c(C(F)(F)F)c1. The van der Waals surface area contributed by atoms with Crippen LogP contribution < -0.4 is 10.6 Å². The average molecular weight is 218 g/mol. The van der Waals surface area contributed by atoms with Crippen LogP contribution in [0.1, 0.15) is 11.1 Å². The maximum absolute atomic E-state index is 12.6. The van der Waals surface area contributed by atoms with Crippen LogP contribution in [0.5, 0.6) is 0 Å². The summed E-state index contributed by atoms with van der Waals surface area (Å²) in [6.07, 6.45) is -4.35. The number of hydrogen-bond donors (Lipinski definition) is 1. The molecule has 0 unspecified atom stereocenters. The molecule has 0 aliphatic carbocycles. The highest BCUT2D eigenvalue weighted by atomic mass is 19.4. The topological polar surface area (TPSA) is 29.3 Å². The number of anilines is 1. The Morgan fingerprint density at radius 3 is 2.27 bits per heavy atom. The third kappa shape index (κ3) is 2.62. The molecule has 0 fully saturated rings. The average Bonchev–Trinajstić information content (AvgIpc) is 2.15. The number of nitrogens with two attached hydrogens (primary N) is 1. The minimum absolute atomic E-state index is 0.109. The summed E-state index contributed by atoms with van der Waals surface area (Å²) in [6.45, 7) is -0.109. The maximum atomic E-state index is 12.6. The van der Waals surface area contributed by atoms with E-state index >= 15 is 0 Å². The van der Waals surface area contributed by atoms with E-state index in [1.54, 1.807) is 25.1 Å². The Labute approximate surface area is 86.5 Å². The smallest absolute Gasteiger partial charge is 0.378 e. The van der Waals surface area contributed by atoms with Crippen molar-refractivity contribution < 1.29 is 13.2 Å². The van der Waals surface area contributed by atoms with Crippen LogP contribution in [0.3, 0.4) is 0 Å². The highest BCUT2D eigenvalue weighted by Gasteiger charge is 2.33. The summed E-state index contributed by atoms with van der Waals surface area (Å²) in [7, 11) is 3.38. The van der Waals surface area contributed by atoms with Gasteiger partial charge in [0.2, 0.25) is 0 Å². The van der Waals surface area contributed by atoms with Gasteiger partial charge < -0.3 is 10.6 Å². The Bertz CT molecular complexity index is 345. The zero-order valence-electron chi connectivity index (χ0n) is 8.60. The van der Waals surface area contributed by atoms with Crippen molar-refractivity contribution in [2.75, 3.05) is 19.0 Å². The molecule has 2 nitrogen and oxygen atoms in total. The second-order valence-electron chi connectivity index (χ2n) is 3.44. The molecule has 0 radical (unpaired) electrons. The molecule has 2 N–H and O–H groups in total. The van der Waals surface area contributed by atoms with Gasteiger partial charge in [-0.2, -0.15) is 13.2 Å². The number of nitrogens with zero attached hydrogens (tertiary/aromatic N) is 1. The number of alkyl halides is 3. The Hall–Kier alpha value is -1.23. The zero-order valence-corrected chi connectivity index (χ0v) is 8.60. The van der Waals surface area contributed by atoms with E-state index in [0.29, 0.717) is 5.69 Å². The number of benzene rings is 1. The summed E-state index contributed by atoms with van der Waals surface area (Å²) in [6, 6.07) is 4.15. The monoisotopic (exact) mass is 218 g/mol. The second-order valence-corrected chi connectivity index (χ2v) is 3.44. The van der Waals surface area contributed by atoms with Gasteiger partial charge in [-0.3, -0.25) is 0 Å². The van der Waals surface area contributed by atoms with Crippen molar-refractivity contribution in [3.05, 3.63) is 29.3 Å². The zero-order chi connectivity index (χ0) is 11.6. The molecule has 1 aromatic rings. The van der Waals surface area contributed by atoms with Gasteiger partial charge in [-0.25, -0.2) is 0 Å². The molecule has 0 atom stereocenters. The maximum Gasteiger partial charge on any atom is 0.416 e. The lowest BCUT2D eigenvalue weighted by atomic mass is 10.1. The van der Waals surface area contributed by atoms with E-state index < -0.39 is 11.7 Å². The van der Waals surface area contributed by atoms with E-state index in [1.807, 2.05) is 0 Å². The molecule has 1 aromatic carbocycles. The van der Waals surface area contributed by atoms with Gasteiger partial charge in [0.05, 0.1) is 5.56 Å². The van der Waals surface area contributed by atoms with Crippen LogP contribution in [-0.4, -0.2) is 14.1 Å². The largest absolute Gasteiger partial charge is 0.416 e. The van der Waals surface area contributed by atoms with Crippen LogP contribution in [-0.2, 0) is 12.7 Å². The van der Waals surface area contributed by atoms with Gasteiger partial charge in [-0.15, -0.1) is 0 Å². The predicted octanol–water partition coefficient (Wildman–Crippen LogP) is 2.23. The molecular weight excluding hydrogens is 205 g/mol. The third-order valence-corrected chi connectivity index (χ3v) is 2.14. The molecule has 0 spiro atoms. The molecule has 0 heterocycles. The van der Waals surface area contributed by atoms with Crippen molar-refractivity contribution in [1.82, 2.24) is 0 Å². The molecule has 0 aliphatic heterocycles. The van der Waals surface area contributed by atoms with Gasteiger partial charge in [-0.05, 0) is 17.7 Å². The van der Waals surface area contributed by atoms with Gasteiger partial charge in [0.15, 0.2) is 0 Å². The molecule has 0 bridgehead atoms. The Kier molecular flexibility index (Phi) is 3.24. The van der Waals surface area contributed by atoms with E-state index in [0.717, 1.165) is 6.07 Å². The fourth-order valence-corrected chi connectivity index (χ4v) is 1.28. The Balaban J connectivity index is 3.26. The summed E-state index contributed by atoms with van der Waals surface area (Å²) < 4.78 is 37.8. The lowest BCUT2D eigenvalue weighted by molar-refractivity contribution is -0.138. The van der Waals surface area contributed by atoms with Crippen LogP contribution >= 0.6 is 0 Å². The highest BCUT2D eigenvalue weighted by Crippen LogP contribution is 2.34. The van der Waals surface area contributed by atoms with E-state index in [2.05, 4.69) is 0 Å². The molecule has 0 aromatic heterocycles. The van der Waals surface area contributed by atoms with Gasteiger partial charge in [0, 0.05) is 26.3 Å². The quantitative estimate of drug-likeness (QED) is 0.824. The van der Waals surface area contributed by atoms with Crippen molar-refractivity contribution in [3.8, 4) is 0 Å². The number of halogens is 3. The van der Waals surface area contributed by atoms with E-state index in [-0.39, 0.29) is 12.1 Å². The summed E-state index contributed by atoms with van der Waals surface area (Å²) in [5.74, 6) is 0. The Morgan fingerprint density at radius 2 is 1.87 bits per heavy atom. The molecular formula is C10H13F3N2. The second kappa shape index (κ2) is 4.10. The Morgan fingerprint density at radius 1 is 1.27 bits per heavy atom. The van der Waals surface area contributed by atoms with Crippen LogP contribution in [0, 0.1) is 0 Å². The lowest BCUT2D eigenvalue weighted by Gasteiger charge is -2.17. The highest BCUT2D eigenvalue weighted by molar-refractivity contribution is 5.50. The van der Waals surface area contributed by atoms with Gasteiger partial charge >= 0.3 is 6.18 Å². The van der Waals surface area contributed by atoms with Gasteiger partial charge in [0.1, 0.15) is 0 Å². The lowest BCUT2D eigenvalue weighted by Crippen LogP contribution is -2.15. The summed E-state index contributed by atoms with van der Waals surface area (Å²) in [4.78, 5) is 1.62. The van der Waals surface area contributed by atoms with Gasteiger partial charge in [0.25, 0.3) is 0 Å². The first-order valence-corrected chi connectivity index (χ1v) is 4.43. The minimum Gasteiger partial charge on any atom is -0.378 e. The number of hydrogen-bond acceptors (Lipinski definition) is 2. The fraction of sp³-hybridized carbons (Fsp3) is 0.400. The molecule has 0 aliphatic rings. The van der Waals surface area contributed by atoms with Crippen molar-refractivity contribution in [2.24, 2.45) is 5.73 Å². The summed E-state index contributed by atoms with van der Waals surface area (Å²) in [5.41, 5.74) is 5.24. The fourth-order valence-electron chi connectivity index (χ4n) is 1.28. The molecule has 84 valence electrons. The molecule has 0 saturated heterocycles. The first-order chi connectivity index (χ1) is 6.86. The predicted molar refractivity (Wildman–Crippen MR) is 53.7 cm³/mol. The van der Waals surface area contributed by atoms with Crippen molar-refractivity contribution >= 4 is 5.69 Å². The third-order valence-electron chi connectivity index (χ3n) is 2.14. The van der Waals surface area contributed by atoms with Crippen LogP contribution in [0.4, 0.5) is 18.9 Å². The van der Waals surface area contributed by atoms with Crippen LogP contribution in [0.15, 0.2) is 18.2 Å². The van der Waals surface area contributed by atoms with Crippen LogP contribution in [0.2, 0.25) is 0 Å². The molecule has 1 rings (SSSR count). The van der Waals surface area contributed by atoms with E-state index in [1.165, 1.54) is 6.07 Å². The first kappa shape index (κ1) is 11.8.